The average Bonchev–Trinajstić information content (AvgIpc) is 3.35. The fourth-order valence-corrected chi connectivity index (χ4v) is 3.04. The van der Waals surface area contributed by atoms with E-state index in [1.807, 2.05) is 48.5 Å². The topological polar surface area (TPSA) is 70.0 Å². The van der Waals surface area contributed by atoms with Crippen LogP contribution >= 0.6 is 0 Å². The van der Waals surface area contributed by atoms with Crippen LogP contribution in [0.4, 0.5) is 0 Å². The Morgan fingerprint density at radius 1 is 1.23 bits per heavy atom. The van der Waals surface area contributed by atoms with Crippen molar-refractivity contribution in [1.29, 1.82) is 5.26 Å². The van der Waals surface area contributed by atoms with Crippen molar-refractivity contribution in [2.75, 3.05) is 7.05 Å². The number of carbonyl (C=O) groups is 2. The summed E-state index contributed by atoms with van der Waals surface area (Å²) in [4.78, 5) is 24.0. The van der Waals surface area contributed by atoms with Gasteiger partial charge in [0.1, 0.15) is 0 Å². The molecule has 4 heteroatoms. The highest BCUT2D eigenvalue weighted by molar-refractivity contribution is 6.06. The van der Waals surface area contributed by atoms with Gasteiger partial charge in [0.15, 0.2) is 11.7 Å². The van der Waals surface area contributed by atoms with Gasteiger partial charge in [-0.25, -0.2) is 0 Å². The molecule has 1 aliphatic carbocycles. The molecule has 3 atom stereocenters. The van der Waals surface area contributed by atoms with Crippen LogP contribution in [0.15, 0.2) is 42.5 Å². The zero-order valence-corrected chi connectivity index (χ0v) is 12.2. The number of benzene rings is 2. The van der Waals surface area contributed by atoms with Crippen LogP contribution in [0.2, 0.25) is 0 Å². The van der Waals surface area contributed by atoms with Crippen molar-refractivity contribution in [3.8, 4) is 6.07 Å². The molecule has 0 spiro atoms. The summed E-state index contributed by atoms with van der Waals surface area (Å²) in [7, 11) is 1.44. The molecule has 0 unspecified atom stereocenters. The number of hydrogen-bond acceptors (Lipinski definition) is 3. The van der Waals surface area contributed by atoms with Gasteiger partial charge in [-0.05, 0) is 28.7 Å². The number of ketones is 1. The lowest BCUT2D eigenvalue weighted by atomic mass is 9.95. The summed E-state index contributed by atoms with van der Waals surface area (Å²) in [5.74, 6) is -2.10. The van der Waals surface area contributed by atoms with E-state index in [0.717, 1.165) is 16.3 Å². The van der Waals surface area contributed by atoms with Crippen LogP contribution in [-0.4, -0.2) is 18.7 Å². The van der Waals surface area contributed by atoms with Crippen molar-refractivity contribution in [2.24, 2.45) is 11.8 Å². The Kier molecular flexibility index (Phi) is 3.64. The minimum Gasteiger partial charge on any atom is -0.358 e. The normalized spacial score (nSPS) is 20.9. The number of nitrogens with zero attached hydrogens (tertiary/aromatic N) is 1. The van der Waals surface area contributed by atoms with Crippen LogP contribution in [0, 0.1) is 23.2 Å². The summed E-state index contributed by atoms with van der Waals surface area (Å²) < 4.78 is 0. The molecule has 4 nitrogen and oxygen atoms in total. The van der Waals surface area contributed by atoms with Crippen LogP contribution in [0.1, 0.15) is 17.9 Å². The SMILES string of the molecule is CNC(=O)[C@H](C#N)C(=O)[C@@H]1C[C@@H]1c1cccc2ccccc12. The summed E-state index contributed by atoms with van der Waals surface area (Å²) >= 11 is 0. The zero-order valence-electron chi connectivity index (χ0n) is 12.2. The molecule has 1 fully saturated rings. The summed E-state index contributed by atoms with van der Waals surface area (Å²) in [6.07, 6.45) is 0.710. The van der Waals surface area contributed by atoms with Gasteiger partial charge in [0.05, 0.1) is 6.07 Å². The lowest BCUT2D eigenvalue weighted by molar-refractivity contribution is -0.132. The van der Waals surface area contributed by atoms with Gasteiger partial charge >= 0.3 is 0 Å². The predicted molar refractivity (Wildman–Crippen MR) is 83.0 cm³/mol. The lowest BCUT2D eigenvalue weighted by Gasteiger charge is -2.08. The summed E-state index contributed by atoms with van der Waals surface area (Å²) in [5, 5.41) is 13.7. The smallest absolute Gasteiger partial charge is 0.244 e. The Hall–Kier alpha value is -2.67. The third-order valence-corrected chi connectivity index (χ3v) is 4.30. The average molecular weight is 292 g/mol. The molecule has 0 heterocycles. The molecule has 3 rings (SSSR count). The molecule has 0 bridgehead atoms. The van der Waals surface area contributed by atoms with Crippen LogP contribution in [-0.2, 0) is 9.59 Å². The van der Waals surface area contributed by atoms with E-state index in [2.05, 4.69) is 5.32 Å². The van der Waals surface area contributed by atoms with E-state index in [1.165, 1.54) is 7.05 Å². The second-order valence-electron chi connectivity index (χ2n) is 5.60. The molecule has 2 aromatic carbocycles. The highest BCUT2D eigenvalue weighted by atomic mass is 16.2. The van der Waals surface area contributed by atoms with Gasteiger partial charge in [0.2, 0.25) is 5.91 Å². The first kappa shape index (κ1) is 14.3. The third kappa shape index (κ3) is 2.35. The lowest BCUT2D eigenvalue weighted by Crippen LogP contribution is -2.33. The monoisotopic (exact) mass is 292 g/mol. The molecule has 1 aliphatic rings. The predicted octanol–water partition coefficient (Wildman–Crippen LogP) is 2.40. The number of hydrogen-bond donors (Lipinski definition) is 1. The van der Waals surface area contributed by atoms with Crippen molar-refractivity contribution < 1.29 is 9.59 Å². The standard InChI is InChI=1S/C18H16N2O2/c1-20-18(22)16(10-19)17(21)15-9-14(15)13-8-4-6-11-5-2-3-7-12(11)13/h2-8,14-16H,9H2,1H3,(H,20,22)/t14-,15-,16-/m1/s1. The summed E-state index contributed by atoms with van der Waals surface area (Å²) in [6.45, 7) is 0. The molecule has 110 valence electrons. The van der Waals surface area contributed by atoms with Crippen molar-refractivity contribution in [3.05, 3.63) is 48.0 Å². The Morgan fingerprint density at radius 3 is 2.68 bits per heavy atom. The van der Waals surface area contributed by atoms with Crippen LogP contribution in [0.3, 0.4) is 0 Å². The Balaban J connectivity index is 1.86. The molecule has 0 aromatic heterocycles. The molecule has 0 aliphatic heterocycles. The van der Waals surface area contributed by atoms with Gasteiger partial charge < -0.3 is 5.32 Å². The third-order valence-electron chi connectivity index (χ3n) is 4.30. The van der Waals surface area contributed by atoms with Gasteiger partial charge in [0, 0.05) is 13.0 Å². The van der Waals surface area contributed by atoms with E-state index >= 15 is 0 Å². The second-order valence-corrected chi connectivity index (χ2v) is 5.60. The van der Waals surface area contributed by atoms with E-state index in [-0.39, 0.29) is 17.6 Å². The molecule has 1 N–H and O–H groups in total. The zero-order chi connectivity index (χ0) is 15.7. The van der Waals surface area contributed by atoms with E-state index < -0.39 is 11.8 Å². The van der Waals surface area contributed by atoms with Crippen molar-refractivity contribution in [3.63, 3.8) is 0 Å². The number of carbonyl (C=O) groups excluding carboxylic acids is 2. The minimum absolute atomic E-state index is 0.110. The molecular weight excluding hydrogens is 276 g/mol. The maximum Gasteiger partial charge on any atom is 0.244 e. The number of nitriles is 1. The Morgan fingerprint density at radius 2 is 1.95 bits per heavy atom. The number of rotatable bonds is 4. The fourth-order valence-electron chi connectivity index (χ4n) is 3.04. The van der Waals surface area contributed by atoms with Crippen molar-refractivity contribution in [1.82, 2.24) is 5.32 Å². The molecule has 0 saturated heterocycles. The van der Waals surface area contributed by atoms with Gasteiger partial charge in [-0.2, -0.15) is 5.26 Å². The van der Waals surface area contributed by atoms with Gasteiger partial charge in [-0.1, -0.05) is 42.5 Å². The Labute approximate surface area is 128 Å². The highest BCUT2D eigenvalue weighted by Gasteiger charge is 2.48. The molecule has 1 amide bonds. The number of fused-ring (bicyclic) bond motifs is 1. The minimum atomic E-state index is -1.20. The van der Waals surface area contributed by atoms with Gasteiger partial charge in [0.25, 0.3) is 0 Å². The van der Waals surface area contributed by atoms with Crippen molar-refractivity contribution >= 4 is 22.5 Å². The number of Topliss-reactive ketones (excluding diaryl/α,β-unsaturated/α-hetero) is 1. The number of nitrogens with one attached hydrogen (secondary N) is 1. The van der Waals surface area contributed by atoms with Gasteiger partial charge in [-0.3, -0.25) is 9.59 Å². The van der Waals surface area contributed by atoms with E-state index in [4.69, 9.17) is 5.26 Å². The first-order chi connectivity index (χ1) is 10.7. The van der Waals surface area contributed by atoms with Crippen molar-refractivity contribution in [2.45, 2.75) is 12.3 Å². The second kappa shape index (κ2) is 5.61. The Bertz CT molecular complexity index is 786. The quantitative estimate of drug-likeness (QED) is 0.880. The van der Waals surface area contributed by atoms with Crippen LogP contribution in [0.5, 0.6) is 0 Å². The summed E-state index contributed by atoms with van der Waals surface area (Å²) in [5.41, 5.74) is 1.13. The largest absolute Gasteiger partial charge is 0.358 e. The highest BCUT2D eigenvalue weighted by Crippen LogP contribution is 2.50. The number of amides is 1. The van der Waals surface area contributed by atoms with E-state index in [0.29, 0.717) is 6.42 Å². The molecular formula is C18H16N2O2. The van der Waals surface area contributed by atoms with Crippen LogP contribution in [0.25, 0.3) is 10.8 Å². The molecule has 2 aromatic rings. The first-order valence-corrected chi connectivity index (χ1v) is 7.30. The first-order valence-electron chi connectivity index (χ1n) is 7.30. The van der Waals surface area contributed by atoms with Crippen LogP contribution < -0.4 is 5.32 Å². The summed E-state index contributed by atoms with van der Waals surface area (Å²) in [6, 6.07) is 15.9. The molecule has 0 radical (unpaired) electrons. The molecule has 1 saturated carbocycles. The molecule has 22 heavy (non-hydrogen) atoms. The fraction of sp³-hybridized carbons (Fsp3) is 0.278. The van der Waals surface area contributed by atoms with E-state index in [1.54, 1.807) is 0 Å². The maximum atomic E-state index is 12.4. The van der Waals surface area contributed by atoms with E-state index in [9.17, 15) is 9.59 Å². The van der Waals surface area contributed by atoms with Gasteiger partial charge in [-0.15, -0.1) is 0 Å². The maximum absolute atomic E-state index is 12.4.